The molecular weight excluding hydrogens is 222 g/mol. The van der Waals surface area contributed by atoms with Gasteiger partial charge in [-0.1, -0.05) is 11.6 Å². The van der Waals surface area contributed by atoms with Gasteiger partial charge in [0.1, 0.15) is 5.82 Å². The van der Waals surface area contributed by atoms with Crippen molar-refractivity contribution in [3.05, 3.63) is 21.9 Å². The summed E-state index contributed by atoms with van der Waals surface area (Å²) < 4.78 is 0.700. The van der Waals surface area contributed by atoms with Crippen LogP contribution in [0.15, 0.2) is 6.07 Å². The number of fused-ring (bicyclic) bond motifs is 1. The Morgan fingerprint density at radius 1 is 1.57 bits per heavy atom. The van der Waals surface area contributed by atoms with E-state index in [-0.39, 0.29) is 0 Å². The minimum atomic E-state index is -0.471. The zero-order chi connectivity index (χ0) is 10.3. The van der Waals surface area contributed by atoms with Crippen molar-refractivity contribution in [2.75, 3.05) is 0 Å². The summed E-state index contributed by atoms with van der Waals surface area (Å²) >= 11 is 7.10. The van der Waals surface area contributed by atoms with Crippen molar-refractivity contribution >= 4 is 39.1 Å². The lowest BCUT2D eigenvalue weighted by Crippen LogP contribution is -2.08. The topological polar surface area (TPSA) is 68.9 Å². The number of carbonyl (C=O) groups is 1. The molecule has 0 saturated carbocycles. The second kappa shape index (κ2) is 3.18. The van der Waals surface area contributed by atoms with Crippen molar-refractivity contribution in [1.29, 1.82) is 0 Å². The molecule has 0 aromatic carbocycles. The lowest BCUT2D eigenvalue weighted by atomic mass is 10.4. The van der Waals surface area contributed by atoms with E-state index in [0.29, 0.717) is 26.1 Å². The van der Waals surface area contributed by atoms with Gasteiger partial charge in [-0.3, -0.25) is 4.79 Å². The molecule has 0 saturated heterocycles. The molecule has 72 valence electrons. The van der Waals surface area contributed by atoms with Crippen LogP contribution in [0.5, 0.6) is 0 Å². The molecule has 0 fully saturated rings. The summed E-state index contributed by atoms with van der Waals surface area (Å²) in [4.78, 5) is 19.5. The molecule has 2 aromatic heterocycles. The minimum absolute atomic E-state index is 0.366. The highest BCUT2D eigenvalue weighted by molar-refractivity contribution is 7.21. The molecule has 2 aromatic rings. The third-order valence-corrected chi connectivity index (χ3v) is 3.22. The molecule has 0 spiro atoms. The predicted molar refractivity (Wildman–Crippen MR) is 55.7 cm³/mol. The number of rotatable bonds is 1. The summed E-state index contributed by atoms with van der Waals surface area (Å²) in [6, 6.07) is 1.63. The standard InChI is InChI=1S/C8H6ClN3OS/c1-3-11-4-2-5(8(10)13)14-6(4)7(9)12-3/h2H,1H3,(H2,10,13). The van der Waals surface area contributed by atoms with Gasteiger partial charge in [0.25, 0.3) is 5.91 Å². The Balaban J connectivity index is 2.76. The third kappa shape index (κ3) is 1.44. The first-order chi connectivity index (χ1) is 6.58. The van der Waals surface area contributed by atoms with Gasteiger partial charge in [0.2, 0.25) is 0 Å². The molecule has 0 bridgehead atoms. The van der Waals surface area contributed by atoms with E-state index in [1.165, 1.54) is 11.3 Å². The van der Waals surface area contributed by atoms with Gasteiger partial charge < -0.3 is 5.73 Å². The van der Waals surface area contributed by atoms with Gasteiger partial charge in [0.05, 0.1) is 15.1 Å². The van der Waals surface area contributed by atoms with Crippen molar-refractivity contribution in [1.82, 2.24) is 9.97 Å². The maximum atomic E-state index is 10.9. The molecule has 0 radical (unpaired) electrons. The smallest absolute Gasteiger partial charge is 0.258 e. The van der Waals surface area contributed by atoms with Gasteiger partial charge >= 0.3 is 0 Å². The zero-order valence-electron chi connectivity index (χ0n) is 7.24. The molecule has 14 heavy (non-hydrogen) atoms. The average molecular weight is 228 g/mol. The van der Waals surface area contributed by atoms with Gasteiger partial charge in [-0.15, -0.1) is 11.3 Å². The van der Waals surface area contributed by atoms with Crippen LogP contribution in [-0.2, 0) is 0 Å². The number of halogens is 1. The van der Waals surface area contributed by atoms with Crippen LogP contribution in [0.1, 0.15) is 15.5 Å². The maximum absolute atomic E-state index is 10.9. The molecule has 2 rings (SSSR count). The summed E-state index contributed by atoms with van der Waals surface area (Å²) in [5, 5.41) is 0.366. The molecular formula is C8H6ClN3OS. The number of primary amides is 1. The Bertz CT molecular complexity index is 523. The monoisotopic (exact) mass is 227 g/mol. The van der Waals surface area contributed by atoms with Crippen LogP contribution >= 0.6 is 22.9 Å². The van der Waals surface area contributed by atoms with Crippen LogP contribution in [-0.4, -0.2) is 15.9 Å². The first-order valence-corrected chi connectivity index (χ1v) is 5.01. The van der Waals surface area contributed by atoms with E-state index in [4.69, 9.17) is 17.3 Å². The van der Waals surface area contributed by atoms with E-state index in [9.17, 15) is 4.79 Å². The Labute approximate surface area is 88.7 Å². The zero-order valence-corrected chi connectivity index (χ0v) is 8.82. The van der Waals surface area contributed by atoms with Crippen molar-refractivity contribution in [3.8, 4) is 0 Å². The van der Waals surface area contributed by atoms with Crippen LogP contribution < -0.4 is 5.73 Å². The van der Waals surface area contributed by atoms with E-state index in [1.807, 2.05) is 0 Å². The number of aromatic nitrogens is 2. The second-order valence-corrected chi connectivity index (χ2v) is 4.16. The maximum Gasteiger partial charge on any atom is 0.258 e. The summed E-state index contributed by atoms with van der Waals surface area (Å²) in [5.41, 5.74) is 5.81. The van der Waals surface area contributed by atoms with E-state index >= 15 is 0 Å². The highest BCUT2D eigenvalue weighted by Gasteiger charge is 2.11. The van der Waals surface area contributed by atoms with Crippen LogP contribution in [0.2, 0.25) is 5.15 Å². The molecule has 0 aliphatic carbocycles. The summed E-state index contributed by atoms with van der Waals surface area (Å²) in [6.45, 7) is 1.74. The van der Waals surface area contributed by atoms with Gasteiger partial charge in [-0.05, 0) is 13.0 Å². The highest BCUT2D eigenvalue weighted by atomic mass is 35.5. The van der Waals surface area contributed by atoms with E-state index in [0.717, 1.165) is 0 Å². The third-order valence-electron chi connectivity index (χ3n) is 1.68. The molecule has 0 atom stereocenters. The lowest BCUT2D eigenvalue weighted by Gasteiger charge is -1.93. The fraction of sp³-hybridized carbons (Fsp3) is 0.125. The van der Waals surface area contributed by atoms with Crippen molar-refractivity contribution in [3.63, 3.8) is 0 Å². The van der Waals surface area contributed by atoms with E-state index < -0.39 is 5.91 Å². The van der Waals surface area contributed by atoms with E-state index in [2.05, 4.69) is 9.97 Å². The van der Waals surface area contributed by atoms with Crippen LogP contribution in [0.4, 0.5) is 0 Å². The van der Waals surface area contributed by atoms with E-state index in [1.54, 1.807) is 13.0 Å². The Hall–Kier alpha value is -1.20. The van der Waals surface area contributed by atoms with Gasteiger partial charge in [0.15, 0.2) is 5.15 Å². The minimum Gasteiger partial charge on any atom is -0.365 e. The number of amides is 1. The second-order valence-electron chi connectivity index (χ2n) is 2.75. The number of hydrogen-bond donors (Lipinski definition) is 1. The highest BCUT2D eigenvalue weighted by Crippen LogP contribution is 2.29. The van der Waals surface area contributed by atoms with Gasteiger partial charge in [0, 0.05) is 0 Å². The molecule has 6 heteroatoms. The van der Waals surface area contributed by atoms with Crippen LogP contribution in [0, 0.1) is 6.92 Å². The summed E-state index contributed by atoms with van der Waals surface area (Å²) in [6.07, 6.45) is 0. The molecule has 1 amide bonds. The van der Waals surface area contributed by atoms with Gasteiger partial charge in [-0.25, -0.2) is 9.97 Å². The number of carbonyl (C=O) groups excluding carboxylic acids is 1. The molecule has 2 heterocycles. The largest absolute Gasteiger partial charge is 0.365 e. The van der Waals surface area contributed by atoms with Crippen molar-refractivity contribution < 1.29 is 4.79 Å². The predicted octanol–water partition coefficient (Wildman–Crippen LogP) is 1.75. The number of aryl methyl sites for hydroxylation is 1. The molecule has 4 nitrogen and oxygen atoms in total. The number of thiophene rings is 1. The number of nitrogens with two attached hydrogens (primary N) is 1. The Morgan fingerprint density at radius 2 is 2.29 bits per heavy atom. The quantitative estimate of drug-likeness (QED) is 0.755. The molecule has 0 aliphatic rings. The normalized spacial score (nSPS) is 10.7. The molecule has 0 unspecified atom stereocenters. The summed E-state index contributed by atoms with van der Waals surface area (Å²) in [5.74, 6) is 0.109. The Morgan fingerprint density at radius 3 is 2.93 bits per heavy atom. The summed E-state index contributed by atoms with van der Waals surface area (Å²) in [7, 11) is 0. The van der Waals surface area contributed by atoms with Crippen LogP contribution in [0.3, 0.4) is 0 Å². The SMILES string of the molecule is Cc1nc(Cl)c2sc(C(N)=O)cc2n1. The molecule has 2 N–H and O–H groups in total. The fourth-order valence-electron chi connectivity index (χ4n) is 1.13. The van der Waals surface area contributed by atoms with Crippen LogP contribution in [0.25, 0.3) is 10.2 Å². The average Bonchev–Trinajstić information content (AvgIpc) is 2.47. The first kappa shape index (κ1) is 9.36. The number of hydrogen-bond acceptors (Lipinski definition) is 4. The first-order valence-electron chi connectivity index (χ1n) is 3.81. The van der Waals surface area contributed by atoms with Crippen molar-refractivity contribution in [2.24, 2.45) is 5.73 Å². The lowest BCUT2D eigenvalue weighted by molar-refractivity contribution is 0.100. The molecule has 0 aliphatic heterocycles. The number of nitrogens with zero attached hydrogens (tertiary/aromatic N) is 2. The van der Waals surface area contributed by atoms with Gasteiger partial charge in [-0.2, -0.15) is 0 Å². The van der Waals surface area contributed by atoms with Crippen molar-refractivity contribution in [2.45, 2.75) is 6.92 Å². The fourth-order valence-corrected chi connectivity index (χ4v) is 2.29. The Kier molecular flexibility index (Phi) is 2.13.